The van der Waals surface area contributed by atoms with Crippen LogP contribution in [0.4, 0.5) is 10.1 Å². The van der Waals surface area contributed by atoms with E-state index < -0.39 is 34.3 Å². The maximum absolute atomic E-state index is 12.8. The Labute approximate surface area is 156 Å². The van der Waals surface area contributed by atoms with Gasteiger partial charge in [0.1, 0.15) is 5.82 Å². The quantitative estimate of drug-likeness (QED) is 0.667. The van der Waals surface area contributed by atoms with Crippen molar-refractivity contribution in [3.63, 3.8) is 0 Å². The number of hydrogen-bond donors (Lipinski definition) is 2. The number of halogens is 1. The standard InChI is InChI=1S/C18H19FN2O5S/c1-13-2-8-16(9-3-13)27(24,25)20-11-10-18(23)26-12-17(22)21-15-6-4-14(19)5-7-15/h2-9,20H,10-12H2,1H3,(H,21,22). The summed E-state index contributed by atoms with van der Waals surface area (Å²) in [6.07, 6.45) is -0.227. The topological polar surface area (TPSA) is 102 Å². The zero-order valence-corrected chi connectivity index (χ0v) is 15.4. The molecule has 2 aromatic rings. The summed E-state index contributed by atoms with van der Waals surface area (Å²) in [4.78, 5) is 23.4. The molecule has 0 heterocycles. The first-order valence-electron chi connectivity index (χ1n) is 8.04. The fourth-order valence-electron chi connectivity index (χ4n) is 2.04. The fourth-order valence-corrected chi connectivity index (χ4v) is 3.07. The number of carbonyl (C=O) groups excluding carboxylic acids is 2. The molecular formula is C18H19FN2O5S. The van der Waals surface area contributed by atoms with Crippen molar-refractivity contribution in [2.24, 2.45) is 0 Å². The Bertz CT molecular complexity index is 896. The van der Waals surface area contributed by atoms with Crippen LogP contribution >= 0.6 is 0 Å². The summed E-state index contributed by atoms with van der Waals surface area (Å²) >= 11 is 0. The van der Waals surface area contributed by atoms with E-state index in [0.717, 1.165) is 5.56 Å². The predicted octanol–water partition coefficient (Wildman–Crippen LogP) is 1.98. The van der Waals surface area contributed by atoms with Crippen molar-refractivity contribution in [2.45, 2.75) is 18.2 Å². The van der Waals surface area contributed by atoms with Gasteiger partial charge in [0, 0.05) is 12.2 Å². The summed E-state index contributed by atoms with van der Waals surface area (Å²) in [5, 5.41) is 2.44. The Morgan fingerprint density at radius 3 is 2.30 bits per heavy atom. The smallest absolute Gasteiger partial charge is 0.307 e. The molecule has 9 heteroatoms. The highest BCUT2D eigenvalue weighted by Crippen LogP contribution is 2.10. The van der Waals surface area contributed by atoms with Gasteiger partial charge in [-0.25, -0.2) is 17.5 Å². The predicted molar refractivity (Wildman–Crippen MR) is 97.0 cm³/mol. The van der Waals surface area contributed by atoms with Gasteiger partial charge in [-0.05, 0) is 43.3 Å². The molecule has 0 bridgehead atoms. The average Bonchev–Trinajstić information content (AvgIpc) is 2.62. The van der Waals surface area contributed by atoms with E-state index in [-0.39, 0.29) is 17.9 Å². The second-order valence-corrected chi connectivity index (χ2v) is 7.44. The number of sulfonamides is 1. The van der Waals surface area contributed by atoms with E-state index in [1.807, 2.05) is 6.92 Å². The number of hydrogen-bond acceptors (Lipinski definition) is 5. The van der Waals surface area contributed by atoms with Gasteiger partial charge in [-0.3, -0.25) is 9.59 Å². The molecule has 2 N–H and O–H groups in total. The summed E-state index contributed by atoms with van der Waals surface area (Å²) in [6, 6.07) is 11.4. The number of esters is 1. The number of nitrogens with one attached hydrogen (secondary N) is 2. The molecule has 0 aliphatic rings. The van der Waals surface area contributed by atoms with Crippen molar-refractivity contribution in [2.75, 3.05) is 18.5 Å². The molecule has 0 spiro atoms. The Balaban J connectivity index is 1.72. The zero-order chi connectivity index (χ0) is 19.9. The van der Waals surface area contributed by atoms with Gasteiger partial charge in [0.15, 0.2) is 6.61 Å². The SMILES string of the molecule is Cc1ccc(S(=O)(=O)NCCC(=O)OCC(=O)Nc2ccc(F)cc2)cc1. The lowest BCUT2D eigenvalue weighted by molar-refractivity contribution is -0.147. The molecule has 0 saturated heterocycles. The van der Waals surface area contributed by atoms with Crippen LogP contribution in [0, 0.1) is 12.7 Å². The van der Waals surface area contributed by atoms with Gasteiger partial charge < -0.3 is 10.1 Å². The monoisotopic (exact) mass is 394 g/mol. The van der Waals surface area contributed by atoms with Crippen molar-refractivity contribution in [1.82, 2.24) is 4.72 Å². The molecule has 0 unspecified atom stereocenters. The van der Waals surface area contributed by atoms with Crippen LogP contribution in [-0.2, 0) is 24.3 Å². The number of benzene rings is 2. The molecule has 0 aliphatic carbocycles. The van der Waals surface area contributed by atoms with Crippen molar-refractivity contribution in [3.8, 4) is 0 Å². The molecule has 0 saturated carbocycles. The first-order valence-corrected chi connectivity index (χ1v) is 9.52. The molecule has 27 heavy (non-hydrogen) atoms. The van der Waals surface area contributed by atoms with Gasteiger partial charge in [0.2, 0.25) is 10.0 Å². The van der Waals surface area contributed by atoms with Crippen LogP contribution in [0.25, 0.3) is 0 Å². The first kappa shape index (κ1) is 20.5. The molecule has 0 radical (unpaired) electrons. The van der Waals surface area contributed by atoms with Crippen molar-refractivity contribution < 1.29 is 27.1 Å². The van der Waals surface area contributed by atoms with E-state index in [0.29, 0.717) is 5.69 Å². The first-order chi connectivity index (χ1) is 12.8. The summed E-state index contributed by atoms with van der Waals surface area (Å²) in [5.41, 5.74) is 1.29. The van der Waals surface area contributed by atoms with Crippen molar-refractivity contribution in [3.05, 3.63) is 59.9 Å². The Kier molecular flexibility index (Phi) is 7.03. The van der Waals surface area contributed by atoms with Crippen LogP contribution in [0.5, 0.6) is 0 Å². The van der Waals surface area contributed by atoms with Gasteiger partial charge in [0.05, 0.1) is 11.3 Å². The molecule has 2 rings (SSSR count). The molecule has 1 amide bonds. The van der Waals surface area contributed by atoms with Crippen LogP contribution in [-0.4, -0.2) is 33.4 Å². The van der Waals surface area contributed by atoms with Crippen LogP contribution in [0.15, 0.2) is 53.4 Å². The summed E-state index contributed by atoms with van der Waals surface area (Å²) in [6.45, 7) is 1.15. The molecule has 0 aromatic heterocycles. The van der Waals surface area contributed by atoms with Crippen LogP contribution in [0.2, 0.25) is 0 Å². The van der Waals surface area contributed by atoms with Crippen molar-refractivity contribution in [1.29, 1.82) is 0 Å². The molecule has 144 valence electrons. The summed E-state index contributed by atoms with van der Waals surface area (Å²) in [7, 11) is -3.72. The minimum Gasteiger partial charge on any atom is -0.456 e. The third-order valence-electron chi connectivity index (χ3n) is 3.44. The lowest BCUT2D eigenvalue weighted by Crippen LogP contribution is -2.28. The molecule has 0 fully saturated rings. The molecule has 0 atom stereocenters. The number of aryl methyl sites for hydroxylation is 1. The normalized spacial score (nSPS) is 11.0. The van der Waals surface area contributed by atoms with Crippen LogP contribution in [0.3, 0.4) is 0 Å². The number of ether oxygens (including phenoxy) is 1. The van der Waals surface area contributed by atoms with E-state index in [1.54, 1.807) is 12.1 Å². The second-order valence-electron chi connectivity index (χ2n) is 5.68. The van der Waals surface area contributed by atoms with Gasteiger partial charge >= 0.3 is 5.97 Å². The van der Waals surface area contributed by atoms with Gasteiger partial charge in [-0.2, -0.15) is 0 Å². The average molecular weight is 394 g/mol. The van der Waals surface area contributed by atoms with E-state index >= 15 is 0 Å². The molecule has 7 nitrogen and oxygen atoms in total. The van der Waals surface area contributed by atoms with E-state index in [9.17, 15) is 22.4 Å². The second kappa shape index (κ2) is 9.24. The molecular weight excluding hydrogens is 375 g/mol. The number of amides is 1. The Hall–Kier alpha value is -2.78. The maximum Gasteiger partial charge on any atom is 0.307 e. The van der Waals surface area contributed by atoms with Crippen LogP contribution in [0.1, 0.15) is 12.0 Å². The Morgan fingerprint density at radius 2 is 1.67 bits per heavy atom. The lowest BCUT2D eigenvalue weighted by atomic mass is 10.2. The summed E-state index contributed by atoms with van der Waals surface area (Å²) < 4.78 is 44.0. The largest absolute Gasteiger partial charge is 0.456 e. The van der Waals surface area contributed by atoms with Gasteiger partial charge in [-0.1, -0.05) is 17.7 Å². The number of rotatable bonds is 8. The Morgan fingerprint density at radius 1 is 1.04 bits per heavy atom. The highest BCUT2D eigenvalue weighted by Gasteiger charge is 2.14. The van der Waals surface area contributed by atoms with E-state index in [4.69, 9.17) is 4.74 Å². The van der Waals surface area contributed by atoms with Gasteiger partial charge in [0.25, 0.3) is 5.91 Å². The molecule has 2 aromatic carbocycles. The molecule has 0 aliphatic heterocycles. The minimum atomic E-state index is -3.72. The van der Waals surface area contributed by atoms with Gasteiger partial charge in [-0.15, -0.1) is 0 Å². The minimum absolute atomic E-state index is 0.0974. The highest BCUT2D eigenvalue weighted by molar-refractivity contribution is 7.89. The third-order valence-corrected chi connectivity index (χ3v) is 4.92. The van der Waals surface area contributed by atoms with Crippen LogP contribution < -0.4 is 10.0 Å². The summed E-state index contributed by atoms with van der Waals surface area (Å²) in [5.74, 6) is -1.75. The number of carbonyl (C=O) groups is 2. The number of anilines is 1. The maximum atomic E-state index is 12.8. The van der Waals surface area contributed by atoms with Crippen molar-refractivity contribution >= 4 is 27.6 Å². The zero-order valence-electron chi connectivity index (χ0n) is 14.6. The third kappa shape index (κ3) is 6.80. The van der Waals surface area contributed by atoms with E-state index in [2.05, 4.69) is 10.0 Å². The van der Waals surface area contributed by atoms with E-state index in [1.165, 1.54) is 36.4 Å². The lowest BCUT2D eigenvalue weighted by Gasteiger charge is -2.08. The highest BCUT2D eigenvalue weighted by atomic mass is 32.2. The fraction of sp³-hybridized carbons (Fsp3) is 0.222.